The summed E-state index contributed by atoms with van der Waals surface area (Å²) in [7, 11) is 1.85. The maximum Gasteiger partial charge on any atom is 0.256 e. The fourth-order valence-corrected chi connectivity index (χ4v) is 1.97. The predicted molar refractivity (Wildman–Crippen MR) is 65.5 cm³/mol. The highest BCUT2D eigenvalue weighted by Gasteiger charge is 2.13. The van der Waals surface area contributed by atoms with Gasteiger partial charge in [0.2, 0.25) is 0 Å². The number of hydrogen-bond donors (Lipinski definition) is 1. The SMILES string of the molecule is Cc1nn(C)cc1CNC(=O)c1ccoc1Br. The summed E-state index contributed by atoms with van der Waals surface area (Å²) in [5, 5.41) is 7.02. The predicted octanol–water partition coefficient (Wildman–Crippen LogP) is 2.01. The molecule has 0 fully saturated rings. The lowest BCUT2D eigenvalue weighted by molar-refractivity contribution is 0.0949. The first-order chi connectivity index (χ1) is 8.08. The van der Waals surface area contributed by atoms with Gasteiger partial charge in [-0.3, -0.25) is 9.48 Å². The first-order valence-corrected chi connectivity index (χ1v) is 5.87. The number of carbonyl (C=O) groups is 1. The Labute approximate surface area is 107 Å². The van der Waals surface area contributed by atoms with Gasteiger partial charge in [-0.1, -0.05) is 0 Å². The first-order valence-electron chi connectivity index (χ1n) is 5.08. The minimum Gasteiger partial charge on any atom is -0.457 e. The van der Waals surface area contributed by atoms with Crippen molar-refractivity contribution in [1.29, 1.82) is 0 Å². The van der Waals surface area contributed by atoms with Gasteiger partial charge in [-0.25, -0.2) is 0 Å². The Morgan fingerprint density at radius 3 is 2.94 bits per heavy atom. The number of rotatable bonds is 3. The van der Waals surface area contributed by atoms with Crippen molar-refractivity contribution in [2.75, 3.05) is 0 Å². The van der Waals surface area contributed by atoms with E-state index in [4.69, 9.17) is 4.42 Å². The van der Waals surface area contributed by atoms with Gasteiger partial charge in [-0.05, 0) is 28.9 Å². The third-order valence-corrected chi connectivity index (χ3v) is 3.03. The van der Waals surface area contributed by atoms with Crippen molar-refractivity contribution in [3.8, 4) is 0 Å². The number of amides is 1. The van der Waals surface area contributed by atoms with Crippen molar-refractivity contribution in [2.24, 2.45) is 7.05 Å². The summed E-state index contributed by atoms with van der Waals surface area (Å²) >= 11 is 3.17. The van der Waals surface area contributed by atoms with E-state index in [1.165, 1.54) is 6.26 Å². The number of hydrogen-bond acceptors (Lipinski definition) is 3. The van der Waals surface area contributed by atoms with Crippen molar-refractivity contribution in [3.05, 3.63) is 40.0 Å². The van der Waals surface area contributed by atoms with Gasteiger partial charge in [0.15, 0.2) is 4.67 Å². The average Bonchev–Trinajstić information content (AvgIpc) is 2.81. The highest BCUT2D eigenvalue weighted by molar-refractivity contribution is 9.10. The quantitative estimate of drug-likeness (QED) is 0.943. The lowest BCUT2D eigenvalue weighted by Crippen LogP contribution is -2.22. The molecule has 17 heavy (non-hydrogen) atoms. The molecule has 90 valence electrons. The van der Waals surface area contributed by atoms with Gasteiger partial charge in [-0.15, -0.1) is 0 Å². The zero-order valence-corrected chi connectivity index (χ0v) is 11.1. The van der Waals surface area contributed by atoms with Gasteiger partial charge in [0.05, 0.1) is 17.5 Å². The third-order valence-electron chi connectivity index (χ3n) is 2.42. The van der Waals surface area contributed by atoms with E-state index >= 15 is 0 Å². The highest BCUT2D eigenvalue weighted by atomic mass is 79.9. The fraction of sp³-hybridized carbons (Fsp3) is 0.273. The van der Waals surface area contributed by atoms with Gasteiger partial charge < -0.3 is 9.73 Å². The Kier molecular flexibility index (Phi) is 3.33. The van der Waals surface area contributed by atoms with E-state index < -0.39 is 0 Å². The number of halogens is 1. The molecule has 0 unspecified atom stereocenters. The van der Waals surface area contributed by atoms with Crippen LogP contribution in [0.5, 0.6) is 0 Å². The molecule has 0 bridgehead atoms. The summed E-state index contributed by atoms with van der Waals surface area (Å²) in [5.41, 5.74) is 2.41. The first kappa shape index (κ1) is 11.9. The van der Waals surface area contributed by atoms with E-state index in [1.807, 2.05) is 20.2 Å². The Morgan fingerprint density at radius 1 is 1.65 bits per heavy atom. The lowest BCUT2D eigenvalue weighted by Gasteiger charge is -2.02. The summed E-state index contributed by atoms with van der Waals surface area (Å²) in [4.78, 5) is 11.8. The van der Waals surface area contributed by atoms with Crippen molar-refractivity contribution < 1.29 is 9.21 Å². The second-order valence-corrected chi connectivity index (χ2v) is 4.42. The van der Waals surface area contributed by atoms with E-state index in [9.17, 15) is 4.79 Å². The Balaban J connectivity index is 2.02. The largest absolute Gasteiger partial charge is 0.457 e. The molecule has 1 amide bonds. The van der Waals surface area contributed by atoms with Crippen LogP contribution in [0, 0.1) is 6.92 Å². The molecule has 2 rings (SSSR count). The molecule has 2 aromatic heterocycles. The molecule has 2 aromatic rings. The lowest BCUT2D eigenvalue weighted by atomic mass is 10.2. The molecule has 0 aliphatic carbocycles. The van der Waals surface area contributed by atoms with Crippen LogP contribution in [0.15, 0.2) is 27.6 Å². The monoisotopic (exact) mass is 297 g/mol. The molecule has 0 radical (unpaired) electrons. The van der Waals surface area contributed by atoms with Crippen molar-refractivity contribution >= 4 is 21.8 Å². The zero-order valence-electron chi connectivity index (χ0n) is 9.53. The van der Waals surface area contributed by atoms with Crippen molar-refractivity contribution in [3.63, 3.8) is 0 Å². The third kappa shape index (κ3) is 2.58. The number of carbonyl (C=O) groups excluding carboxylic acids is 1. The summed E-state index contributed by atoms with van der Waals surface area (Å²) in [6.07, 6.45) is 3.36. The molecule has 0 aliphatic rings. The summed E-state index contributed by atoms with van der Waals surface area (Å²) < 4.78 is 7.17. The summed E-state index contributed by atoms with van der Waals surface area (Å²) in [5.74, 6) is -0.172. The van der Waals surface area contributed by atoms with E-state index in [1.54, 1.807) is 10.7 Å². The van der Waals surface area contributed by atoms with Crippen LogP contribution < -0.4 is 5.32 Å². The van der Waals surface area contributed by atoms with Crippen molar-refractivity contribution in [2.45, 2.75) is 13.5 Å². The van der Waals surface area contributed by atoms with E-state index in [2.05, 4.69) is 26.3 Å². The minimum absolute atomic E-state index is 0.172. The maximum absolute atomic E-state index is 11.8. The van der Waals surface area contributed by atoms with Crippen LogP contribution in [-0.2, 0) is 13.6 Å². The molecule has 0 saturated heterocycles. The van der Waals surface area contributed by atoms with Crippen LogP contribution in [0.3, 0.4) is 0 Å². The smallest absolute Gasteiger partial charge is 0.256 e. The van der Waals surface area contributed by atoms with Crippen molar-refractivity contribution in [1.82, 2.24) is 15.1 Å². The normalized spacial score (nSPS) is 10.5. The Hall–Kier alpha value is -1.56. The minimum atomic E-state index is -0.172. The zero-order chi connectivity index (χ0) is 12.4. The topological polar surface area (TPSA) is 60.1 Å². The highest BCUT2D eigenvalue weighted by Crippen LogP contribution is 2.17. The molecule has 6 heteroatoms. The van der Waals surface area contributed by atoms with E-state index in [0.29, 0.717) is 16.8 Å². The number of aromatic nitrogens is 2. The van der Waals surface area contributed by atoms with Crippen LogP contribution in [0.4, 0.5) is 0 Å². The second-order valence-electron chi connectivity index (χ2n) is 3.70. The number of aryl methyl sites for hydroxylation is 2. The van der Waals surface area contributed by atoms with Crippen LogP contribution in [0.2, 0.25) is 0 Å². The molecule has 0 aliphatic heterocycles. The molecular formula is C11H12BrN3O2. The Bertz CT molecular complexity index is 545. The van der Waals surface area contributed by atoms with Gasteiger partial charge in [-0.2, -0.15) is 5.10 Å². The molecular weight excluding hydrogens is 286 g/mol. The van der Waals surface area contributed by atoms with Gasteiger partial charge in [0, 0.05) is 25.4 Å². The van der Waals surface area contributed by atoms with Gasteiger partial charge >= 0.3 is 0 Å². The maximum atomic E-state index is 11.8. The van der Waals surface area contributed by atoms with Crippen LogP contribution in [-0.4, -0.2) is 15.7 Å². The molecule has 5 nitrogen and oxygen atoms in total. The standard InChI is InChI=1S/C11H12BrN3O2/c1-7-8(6-15(2)14-7)5-13-11(16)9-3-4-17-10(9)12/h3-4,6H,5H2,1-2H3,(H,13,16). The molecule has 0 aromatic carbocycles. The summed E-state index contributed by atoms with van der Waals surface area (Å²) in [6, 6.07) is 1.62. The summed E-state index contributed by atoms with van der Waals surface area (Å²) in [6.45, 7) is 2.37. The van der Waals surface area contributed by atoms with E-state index in [0.717, 1.165) is 11.3 Å². The molecule has 2 heterocycles. The number of furan rings is 1. The van der Waals surface area contributed by atoms with Crippen LogP contribution in [0.1, 0.15) is 21.6 Å². The van der Waals surface area contributed by atoms with E-state index in [-0.39, 0.29) is 5.91 Å². The van der Waals surface area contributed by atoms with Gasteiger partial charge in [0.1, 0.15) is 0 Å². The molecule has 0 atom stereocenters. The van der Waals surface area contributed by atoms with Crippen LogP contribution >= 0.6 is 15.9 Å². The number of nitrogens with zero attached hydrogens (tertiary/aromatic N) is 2. The molecule has 0 saturated carbocycles. The molecule has 1 N–H and O–H groups in total. The average molecular weight is 298 g/mol. The fourth-order valence-electron chi connectivity index (χ4n) is 1.55. The van der Waals surface area contributed by atoms with Crippen LogP contribution in [0.25, 0.3) is 0 Å². The second kappa shape index (κ2) is 4.75. The van der Waals surface area contributed by atoms with Gasteiger partial charge in [0.25, 0.3) is 5.91 Å². The number of nitrogens with one attached hydrogen (secondary N) is 1. The Morgan fingerprint density at radius 2 is 2.41 bits per heavy atom. The molecule has 0 spiro atoms.